The number of aryl methyl sites for hydroxylation is 2. The van der Waals surface area contributed by atoms with Crippen molar-refractivity contribution in [3.8, 4) is 0 Å². The fourth-order valence-corrected chi connectivity index (χ4v) is 3.15. The molecule has 4 heteroatoms. The summed E-state index contributed by atoms with van der Waals surface area (Å²) in [6.45, 7) is 1.55. The Morgan fingerprint density at radius 1 is 1.35 bits per heavy atom. The van der Waals surface area contributed by atoms with Gasteiger partial charge in [0.1, 0.15) is 0 Å². The summed E-state index contributed by atoms with van der Waals surface area (Å²) in [7, 11) is 0. The first-order valence-electron chi connectivity index (χ1n) is 7.36. The second-order valence-electron chi connectivity index (χ2n) is 5.63. The van der Waals surface area contributed by atoms with Crippen LogP contribution >= 0.6 is 0 Å². The van der Waals surface area contributed by atoms with Crippen LogP contribution in [0.2, 0.25) is 0 Å². The number of hydrogen-bond donors (Lipinski definition) is 1. The number of aliphatic hydroxyl groups excluding tert-OH is 1. The van der Waals surface area contributed by atoms with Gasteiger partial charge in [-0.1, -0.05) is 18.2 Å². The van der Waals surface area contributed by atoms with Crippen LogP contribution in [0.5, 0.6) is 0 Å². The molecule has 1 N–H and O–H groups in total. The first-order chi connectivity index (χ1) is 9.78. The number of fused-ring (bicyclic) bond motifs is 1. The molecule has 1 amide bonds. The molecule has 2 aliphatic rings. The molecule has 1 unspecified atom stereocenters. The van der Waals surface area contributed by atoms with E-state index in [0.29, 0.717) is 26.2 Å². The Balaban J connectivity index is 1.69. The zero-order chi connectivity index (χ0) is 13.9. The van der Waals surface area contributed by atoms with Crippen molar-refractivity contribution in [3.63, 3.8) is 0 Å². The number of morpholine rings is 1. The van der Waals surface area contributed by atoms with Crippen molar-refractivity contribution in [2.45, 2.75) is 31.7 Å². The normalized spacial score (nSPS) is 21.9. The molecule has 0 aromatic heterocycles. The van der Waals surface area contributed by atoms with E-state index in [1.165, 1.54) is 24.0 Å². The Hall–Kier alpha value is -1.39. The molecule has 0 saturated carbocycles. The second-order valence-corrected chi connectivity index (χ2v) is 5.63. The van der Waals surface area contributed by atoms with Crippen LogP contribution in [0.3, 0.4) is 0 Å². The van der Waals surface area contributed by atoms with Gasteiger partial charge >= 0.3 is 0 Å². The fraction of sp³-hybridized carbons (Fsp3) is 0.562. The first kappa shape index (κ1) is 13.6. The highest BCUT2D eigenvalue weighted by Gasteiger charge is 2.26. The van der Waals surface area contributed by atoms with E-state index < -0.39 is 0 Å². The Labute approximate surface area is 119 Å². The van der Waals surface area contributed by atoms with Crippen LogP contribution in [0.15, 0.2) is 18.2 Å². The van der Waals surface area contributed by atoms with Gasteiger partial charge in [0.05, 0.1) is 32.3 Å². The summed E-state index contributed by atoms with van der Waals surface area (Å²) in [5.74, 6) is 0.0882. The van der Waals surface area contributed by atoms with E-state index in [4.69, 9.17) is 4.74 Å². The molecule has 108 valence electrons. The highest BCUT2D eigenvalue weighted by Crippen LogP contribution is 2.23. The molecule has 0 radical (unpaired) electrons. The van der Waals surface area contributed by atoms with Gasteiger partial charge in [-0.05, 0) is 36.0 Å². The number of hydrogen-bond acceptors (Lipinski definition) is 3. The quantitative estimate of drug-likeness (QED) is 0.893. The number of amides is 1. The third kappa shape index (κ3) is 2.72. The zero-order valence-electron chi connectivity index (χ0n) is 11.7. The Morgan fingerprint density at radius 2 is 2.20 bits per heavy atom. The summed E-state index contributed by atoms with van der Waals surface area (Å²) < 4.78 is 5.31. The molecule has 1 heterocycles. The molecular formula is C16H21NO3. The molecule has 1 saturated heterocycles. The minimum atomic E-state index is -0.189. The third-order valence-electron chi connectivity index (χ3n) is 4.28. The van der Waals surface area contributed by atoms with Crippen molar-refractivity contribution >= 4 is 5.91 Å². The number of benzene rings is 1. The molecule has 0 spiro atoms. The maximum atomic E-state index is 12.4. The predicted octanol–water partition coefficient (Wildman–Crippen LogP) is 0.938. The van der Waals surface area contributed by atoms with Gasteiger partial charge in [-0.3, -0.25) is 4.79 Å². The molecular weight excluding hydrogens is 254 g/mol. The lowest BCUT2D eigenvalue weighted by Crippen LogP contribution is -2.51. The predicted molar refractivity (Wildman–Crippen MR) is 75.6 cm³/mol. The highest BCUT2D eigenvalue weighted by molar-refractivity contribution is 5.79. The van der Waals surface area contributed by atoms with E-state index in [9.17, 15) is 9.90 Å². The van der Waals surface area contributed by atoms with Crippen LogP contribution in [0.1, 0.15) is 23.1 Å². The van der Waals surface area contributed by atoms with E-state index >= 15 is 0 Å². The Bertz CT molecular complexity index is 500. The summed E-state index contributed by atoms with van der Waals surface area (Å²) in [4.78, 5) is 14.2. The van der Waals surface area contributed by atoms with Crippen molar-refractivity contribution in [2.75, 3.05) is 26.4 Å². The van der Waals surface area contributed by atoms with Crippen molar-refractivity contribution in [3.05, 3.63) is 34.9 Å². The molecule has 0 bridgehead atoms. The lowest BCUT2D eigenvalue weighted by atomic mass is 10.0. The van der Waals surface area contributed by atoms with Gasteiger partial charge in [-0.15, -0.1) is 0 Å². The average Bonchev–Trinajstić information content (AvgIpc) is 2.94. The summed E-state index contributed by atoms with van der Waals surface area (Å²) in [6.07, 6.45) is 3.94. The fourth-order valence-electron chi connectivity index (χ4n) is 3.15. The van der Waals surface area contributed by atoms with Crippen molar-refractivity contribution in [2.24, 2.45) is 0 Å². The minimum absolute atomic E-state index is 0.0318. The number of carbonyl (C=O) groups is 1. The first-order valence-corrected chi connectivity index (χ1v) is 7.36. The van der Waals surface area contributed by atoms with Gasteiger partial charge < -0.3 is 14.7 Å². The monoisotopic (exact) mass is 275 g/mol. The smallest absolute Gasteiger partial charge is 0.227 e. The lowest BCUT2D eigenvalue weighted by molar-refractivity contribution is -0.140. The van der Waals surface area contributed by atoms with Crippen molar-refractivity contribution < 1.29 is 14.6 Å². The largest absolute Gasteiger partial charge is 0.394 e. The number of ether oxygens (including phenoxy) is 1. The number of carbonyl (C=O) groups excluding carboxylic acids is 1. The lowest BCUT2D eigenvalue weighted by Gasteiger charge is -2.34. The van der Waals surface area contributed by atoms with Gasteiger partial charge in [-0.2, -0.15) is 0 Å². The SMILES string of the molecule is O=C(Cc1ccc2c(c1)CCC2)N1CCOCC1CO. The van der Waals surface area contributed by atoms with Crippen LogP contribution in [-0.2, 0) is 28.8 Å². The molecule has 1 aromatic rings. The van der Waals surface area contributed by atoms with Crippen LogP contribution in [-0.4, -0.2) is 48.3 Å². The average molecular weight is 275 g/mol. The molecule has 4 nitrogen and oxygen atoms in total. The van der Waals surface area contributed by atoms with Crippen LogP contribution < -0.4 is 0 Å². The molecule has 1 aromatic carbocycles. The molecule has 1 aliphatic heterocycles. The Kier molecular flexibility index (Phi) is 4.03. The maximum Gasteiger partial charge on any atom is 0.227 e. The number of rotatable bonds is 3. The van der Waals surface area contributed by atoms with Crippen LogP contribution in [0.4, 0.5) is 0 Å². The summed E-state index contributed by atoms with van der Waals surface area (Å²) in [5.41, 5.74) is 3.91. The molecule has 1 fully saturated rings. The van der Waals surface area contributed by atoms with E-state index in [1.807, 2.05) is 0 Å². The summed E-state index contributed by atoms with van der Waals surface area (Å²) >= 11 is 0. The number of nitrogens with zero attached hydrogens (tertiary/aromatic N) is 1. The van der Waals surface area contributed by atoms with E-state index in [2.05, 4.69) is 18.2 Å². The van der Waals surface area contributed by atoms with Crippen LogP contribution in [0, 0.1) is 0 Å². The summed E-state index contributed by atoms with van der Waals surface area (Å²) in [6, 6.07) is 6.21. The van der Waals surface area contributed by atoms with E-state index in [0.717, 1.165) is 12.0 Å². The van der Waals surface area contributed by atoms with Gasteiger partial charge in [0, 0.05) is 6.54 Å². The summed E-state index contributed by atoms with van der Waals surface area (Å²) in [5, 5.41) is 9.33. The zero-order valence-corrected chi connectivity index (χ0v) is 11.7. The molecule has 3 rings (SSSR count). The molecule has 1 aliphatic carbocycles. The topological polar surface area (TPSA) is 49.8 Å². The molecule has 1 atom stereocenters. The number of aliphatic hydroxyl groups is 1. The van der Waals surface area contributed by atoms with Gasteiger partial charge in [0.25, 0.3) is 0 Å². The Morgan fingerprint density at radius 3 is 3.05 bits per heavy atom. The van der Waals surface area contributed by atoms with Gasteiger partial charge in [0.15, 0.2) is 0 Å². The standard InChI is InChI=1S/C16H21NO3/c18-10-15-11-20-7-6-17(15)16(19)9-12-4-5-13-2-1-3-14(13)8-12/h4-5,8,15,18H,1-3,6-7,9-11H2. The minimum Gasteiger partial charge on any atom is -0.394 e. The van der Waals surface area contributed by atoms with E-state index in [-0.39, 0.29) is 18.6 Å². The van der Waals surface area contributed by atoms with Crippen molar-refractivity contribution in [1.29, 1.82) is 0 Å². The van der Waals surface area contributed by atoms with Crippen molar-refractivity contribution in [1.82, 2.24) is 4.90 Å². The third-order valence-corrected chi connectivity index (χ3v) is 4.28. The highest BCUT2D eigenvalue weighted by atomic mass is 16.5. The van der Waals surface area contributed by atoms with E-state index in [1.54, 1.807) is 4.90 Å². The maximum absolute atomic E-state index is 12.4. The van der Waals surface area contributed by atoms with Gasteiger partial charge in [0.2, 0.25) is 5.91 Å². The second kappa shape index (κ2) is 5.94. The molecule has 20 heavy (non-hydrogen) atoms. The van der Waals surface area contributed by atoms with Crippen LogP contribution in [0.25, 0.3) is 0 Å². The van der Waals surface area contributed by atoms with Gasteiger partial charge in [-0.25, -0.2) is 0 Å².